The average Bonchev–Trinajstić information content (AvgIpc) is 2.56. The third kappa shape index (κ3) is 0.999. The molecule has 0 N–H and O–H groups in total. The van der Waals surface area contributed by atoms with E-state index in [4.69, 9.17) is 0 Å². The van der Waals surface area contributed by atoms with Gasteiger partial charge < -0.3 is 0 Å². The lowest BCUT2D eigenvalue weighted by atomic mass is 10.1. The van der Waals surface area contributed by atoms with E-state index < -0.39 is 17.4 Å². The number of hydrogen-bond acceptors (Lipinski definition) is 1. The van der Waals surface area contributed by atoms with Crippen LogP contribution in [-0.2, 0) is 0 Å². The molecule has 1 aliphatic rings. The maximum absolute atomic E-state index is 13.6. The number of ketones is 1. The third-order valence-corrected chi connectivity index (χ3v) is 2.77. The summed E-state index contributed by atoms with van der Waals surface area (Å²) in [5, 5.41) is 0. The van der Waals surface area contributed by atoms with Gasteiger partial charge in [0.25, 0.3) is 0 Å². The highest BCUT2D eigenvalue weighted by Gasteiger charge is 2.31. The summed E-state index contributed by atoms with van der Waals surface area (Å²) in [6.07, 6.45) is 0. The third-order valence-electron chi connectivity index (χ3n) is 2.77. The van der Waals surface area contributed by atoms with Gasteiger partial charge in [0, 0.05) is 11.1 Å². The number of carbonyl (C=O) groups is 1. The molecule has 16 heavy (non-hydrogen) atoms. The van der Waals surface area contributed by atoms with Gasteiger partial charge in [0.1, 0.15) is 11.6 Å². The first-order chi connectivity index (χ1) is 7.70. The fourth-order valence-electron chi connectivity index (χ4n) is 2.09. The number of fused-ring (bicyclic) bond motifs is 3. The zero-order valence-corrected chi connectivity index (χ0v) is 8.13. The van der Waals surface area contributed by atoms with Crippen LogP contribution >= 0.6 is 0 Å². The summed E-state index contributed by atoms with van der Waals surface area (Å²) in [7, 11) is 0. The summed E-state index contributed by atoms with van der Waals surface area (Å²) in [6, 6.07) is 8.48. The molecule has 0 saturated heterocycles. The van der Waals surface area contributed by atoms with Crippen LogP contribution in [0.3, 0.4) is 0 Å². The van der Waals surface area contributed by atoms with Crippen molar-refractivity contribution in [3.63, 3.8) is 0 Å². The standard InChI is InChI=1S/C13H6F2O/c14-9-5-2-4-8-11(9)7-3-1-6-10(15)12(7)13(8)16/h1-6H. The highest BCUT2D eigenvalue weighted by atomic mass is 19.1. The molecule has 0 heterocycles. The Morgan fingerprint density at radius 2 is 1.31 bits per heavy atom. The smallest absolute Gasteiger partial charge is 0.197 e. The molecule has 0 radical (unpaired) electrons. The van der Waals surface area contributed by atoms with Crippen LogP contribution in [0.4, 0.5) is 8.78 Å². The molecule has 3 rings (SSSR count). The Morgan fingerprint density at radius 3 is 2.00 bits per heavy atom. The summed E-state index contributed by atoms with van der Waals surface area (Å²) in [5.41, 5.74) is 0.766. The molecule has 0 spiro atoms. The van der Waals surface area contributed by atoms with Crippen LogP contribution in [0.25, 0.3) is 11.1 Å². The van der Waals surface area contributed by atoms with Crippen molar-refractivity contribution in [2.45, 2.75) is 0 Å². The van der Waals surface area contributed by atoms with Gasteiger partial charge in [0.2, 0.25) is 0 Å². The van der Waals surface area contributed by atoms with Gasteiger partial charge in [-0.1, -0.05) is 24.3 Å². The van der Waals surface area contributed by atoms with Gasteiger partial charge in [0.15, 0.2) is 5.78 Å². The van der Waals surface area contributed by atoms with E-state index in [1.54, 1.807) is 6.07 Å². The summed E-state index contributed by atoms with van der Waals surface area (Å²) in [5.74, 6) is -1.53. The van der Waals surface area contributed by atoms with Crippen molar-refractivity contribution in [1.82, 2.24) is 0 Å². The van der Waals surface area contributed by atoms with Crippen LogP contribution in [-0.4, -0.2) is 5.78 Å². The van der Waals surface area contributed by atoms with E-state index in [9.17, 15) is 13.6 Å². The van der Waals surface area contributed by atoms with Gasteiger partial charge in [-0.3, -0.25) is 4.79 Å². The molecule has 0 aromatic heterocycles. The quantitative estimate of drug-likeness (QED) is 0.564. The van der Waals surface area contributed by atoms with Crippen LogP contribution in [0.2, 0.25) is 0 Å². The summed E-state index contributed by atoms with van der Waals surface area (Å²) in [4.78, 5) is 11.9. The van der Waals surface area contributed by atoms with Gasteiger partial charge >= 0.3 is 0 Å². The van der Waals surface area contributed by atoms with Crippen LogP contribution in [0, 0.1) is 11.6 Å². The largest absolute Gasteiger partial charge is 0.288 e. The Morgan fingerprint density at radius 1 is 0.750 bits per heavy atom. The number of carbonyl (C=O) groups excluding carboxylic acids is 1. The van der Waals surface area contributed by atoms with Crippen molar-refractivity contribution >= 4 is 5.78 Å². The Kier molecular flexibility index (Phi) is 1.72. The lowest BCUT2D eigenvalue weighted by Gasteiger charge is -2.00. The molecule has 2 aromatic rings. The maximum Gasteiger partial charge on any atom is 0.197 e. The molecule has 0 aliphatic heterocycles. The number of halogens is 2. The molecule has 0 amide bonds. The molecule has 1 nitrogen and oxygen atoms in total. The molecule has 0 bridgehead atoms. The normalized spacial score (nSPS) is 12.5. The number of benzene rings is 2. The minimum Gasteiger partial charge on any atom is -0.288 e. The average molecular weight is 216 g/mol. The molecular weight excluding hydrogens is 210 g/mol. The summed E-state index contributed by atoms with van der Waals surface area (Å²) >= 11 is 0. The highest BCUT2D eigenvalue weighted by molar-refractivity contribution is 6.21. The van der Waals surface area contributed by atoms with E-state index in [-0.39, 0.29) is 16.7 Å². The second-order valence-electron chi connectivity index (χ2n) is 3.65. The molecule has 0 unspecified atom stereocenters. The Balaban J connectivity index is 2.46. The van der Waals surface area contributed by atoms with Gasteiger partial charge in [-0.2, -0.15) is 0 Å². The van der Waals surface area contributed by atoms with E-state index in [1.165, 1.54) is 30.3 Å². The van der Waals surface area contributed by atoms with Crippen LogP contribution in [0.1, 0.15) is 15.9 Å². The van der Waals surface area contributed by atoms with Crippen molar-refractivity contribution in [2.24, 2.45) is 0 Å². The second-order valence-corrected chi connectivity index (χ2v) is 3.65. The van der Waals surface area contributed by atoms with Crippen LogP contribution in [0.15, 0.2) is 36.4 Å². The molecule has 2 aromatic carbocycles. The minimum atomic E-state index is -0.599. The Bertz CT molecular complexity index is 617. The molecular formula is C13H6F2O. The van der Waals surface area contributed by atoms with E-state index >= 15 is 0 Å². The van der Waals surface area contributed by atoms with Crippen LogP contribution < -0.4 is 0 Å². The molecule has 0 fully saturated rings. The second kappa shape index (κ2) is 2.98. The Labute approximate surface area is 90.3 Å². The van der Waals surface area contributed by atoms with Gasteiger partial charge in [-0.05, 0) is 17.7 Å². The van der Waals surface area contributed by atoms with E-state index in [0.29, 0.717) is 5.56 Å². The number of hydrogen-bond donors (Lipinski definition) is 0. The first-order valence-electron chi connectivity index (χ1n) is 4.82. The zero-order valence-electron chi connectivity index (χ0n) is 8.13. The van der Waals surface area contributed by atoms with Crippen LogP contribution in [0.5, 0.6) is 0 Å². The molecule has 1 aliphatic carbocycles. The van der Waals surface area contributed by atoms with E-state index in [1.807, 2.05) is 0 Å². The summed E-state index contributed by atoms with van der Waals surface area (Å²) in [6.45, 7) is 0. The van der Waals surface area contributed by atoms with Crippen molar-refractivity contribution in [2.75, 3.05) is 0 Å². The SMILES string of the molecule is O=C1c2cccc(F)c2-c2cccc(F)c21. The lowest BCUT2D eigenvalue weighted by Crippen LogP contribution is -1.98. The van der Waals surface area contributed by atoms with Gasteiger partial charge in [-0.15, -0.1) is 0 Å². The minimum absolute atomic E-state index is 0.0254. The molecule has 78 valence electrons. The van der Waals surface area contributed by atoms with Crippen molar-refractivity contribution in [3.8, 4) is 11.1 Å². The van der Waals surface area contributed by atoms with E-state index in [0.717, 1.165) is 0 Å². The highest BCUT2D eigenvalue weighted by Crippen LogP contribution is 2.39. The Hall–Kier alpha value is -2.03. The number of rotatable bonds is 0. The maximum atomic E-state index is 13.6. The predicted octanol–water partition coefficient (Wildman–Crippen LogP) is 3.18. The topological polar surface area (TPSA) is 17.1 Å². The summed E-state index contributed by atoms with van der Waals surface area (Å²) < 4.78 is 27.1. The zero-order chi connectivity index (χ0) is 11.3. The molecule has 0 atom stereocenters. The lowest BCUT2D eigenvalue weighted by molar-refractivity contribution is 0.103. The van der Waals surface area contributed by atoms with Crippen molar-refractivity contribution < 1.29 is 13.6 Å². The van der Waals surface area contributed by atoms with Crippen molar-refractivity contribution in [1.29, 1.82) is 0 Å². The monoisotopic (exact) mass is 216 g/mol. The van der Waals surface area contributed by atoms with E-state index in [2.05, 4.69) is 0 Å². The predicted molar refractivity (Wildman–Crippen MR) is 55.2 cm³/mol. The fourth-order valence-corrected chi connectivity index (χ4v) is 2.09. The van der Waals surface area contributed by atoms with Gasteiger partial charge in [-0.25, -0.2) is 8.78 Å². The van der Waals surface area contributed by atoms with Crippen molar-refractivity contribution in [3.05, 3.63) is 59.2 Å². The molecule has 3 heteroatoms. The van der Waals surface area contributed by atoms with Gasteiger partial charge in [0.05, 0.1) is 5.56 Å². The molecule has 0 saturated carbocycles. The first kappa shape index (κ1) is 9.21. The first-order valence-corrected chi connectivity index (χ1v) is 4.82. The fraction of sp³-hybridized carbons (Fsp3) is 0.